The van der Waals surface area contributed by atoms with E-state index < -0.39 is 0 Å². The molecule has 3 aromatic rings. The maximum Gasteiger partial charge on any atom is 0.251 e. The fraction of sp³-hybridized carbons (Fsp3) is 0.320. The minimum Gasteiger partial charge on any atom is -0.378 e. The van der Waals surface area contributed by atoms with Crippen LogP contribution in [-0.2, 0) is 4.74 Å². The van der Waals surface area contributed by atoms with E-state index in [1.54, 1.807) is 12.4 Å². The van der Waals surface area contributed by atoms with E-state index in [2.05, 4.69) is 52.2 Å². The van der Waals surface area contributed by atoms with Crippen LogP contribution < -0.4 is 10.2 Å². The average molecular weight is 417 g/mol. The van der Waals surface area contributed by atoms with Crippen LogP contribution in [0.5, 0.6) is 0 Å². The van der Waals surface area contributed by atoms with E-state index in [9.17, 15) is 4.79 Å². The van der Waals surface area contributed by atoms with Crippen molar-refractivity contribution in [3.05, 3.63) is 77.1 Å². The molecule has 2 aromatic carbocycles. The van der Waals surface area contributed by atoms with Crippen LogP contribution in [-0.4, -0.2) is 42.2 Å². The molecule has 6 heteroatoms. The molecule has 0 saturated carbocycles. The molecule has 0 spiro atoms. The number of rotatable bonds is 5. The monoisotopic (exact) mass is 416 g/mol. The summed E-state index contributed by atoms with van der Waals surface area (Å²) in [5.74, 6) is 0.762. The van der Waals surface area contributed by atoms with E-state index in [0.717, 1.165) is 35.7 Å². The van der Waals surface area contributed by atoms with Gasteiger partial charge in [-0.2, -0.15) is 0 Å². The van der Waals surface area contributed by atoms with Crippen molar-refractivity contribution in [2.45, 2.75) is 26.8 Å². The van der Waals surface area contributed by atoms with Crippen LogP contribution in [0.25, 0.3) is 11.3 Å². The number of morpholine rings is 1. The number of nitrogens with zero attached hydrogens (tertiary/aromatic N) is 3. The molecule has 2 heterocycles. The first-order chi connectivity index (χ1) is 15.0. The van der Waals surface area contributed by atoms with E-state index in [1.807, 2.05) is 31.2 Å². The highest BCUT2D eigenvalue weighted by Crippen LogP contribution is 2.27. The van der Waals surface area contributed by atoms with Gasteiger partial charge in [0.1, 0.15) is 5.69 Å². The highest BCUT2D eigenvalue weighted by atomic mass is 16.5. The molecule has 6 nitrogen and oxygen atoms in total. The standard InChI is InChI=1S/C25H28N4O2/c1-17-4-9-22(18(2)16-17)19(3)28-25(30)21-7-5-20(6-8-21)23-24(27-11-10-26-23)29-12-14-31-15-13-29/h4-11,16,19H,12-15H2,1-3H3,(H,28,30). The smallest absolute Gasteiger partial charge is 0.251 e. The molecule has 1 aliphatic heterocycles. The van der Waals surface area contributed by atoms with Gasteiger partial charge in [0.25, 0.3) is 5.91 Å². The number of nitrogens with one attached hydrogen (secondary N) is 1. The maximum atomic E-state index is 12.8. The van der Waals surface area contributed by atoms with Crippen molar-refractivity contribution >= 4 is 11.7 Å². The van der Waals surface area contributed by atoms with Crippen molar-refractivity contribution in [2.75, 3.05) is 31.2 Å². The second-order valence-corrected chi connectivity index (χ2v) is 7.96. The summed E-state index contributed by atoms with van der Waals surface area (Å²) in [6, 6.07) is 13.8. The molecule has 1 saturated heterocycles. The molecule has 160 valence electrons. The fourth-order valence-electron chi connectivity index (χ4n) is 3.99. The molecule has 31 heavy (non-hydrogen) atoms. The topological polar surface area (TPSA) is 67.4 Å². The van der Waals surface area contributed by atoms with Gasteiger partial charge in [-0.15, -0.1) is 0 Å². The Kier molecular flexibility index (Phi) is 6.28. The molecule has 1 amide bonds. The van der Waals surface area contributed by atoms with Gasteiger partial charge in [-0.3, -0.25) is 9.78 Å². The predicted molar refractivity (Wildman–Crippen MR) is 122 cm³/mol. The Morgan fingerprint density at radius 3 is 2.45 bits per heavy atom. The van der Waals surface area contributed by atoms with Gasteiger partial charge < -0.3 is 15.0 Å². The van der Waals surface area contributed by atoms with Gasteiger partial charge >= 0.3 is 0 Å². The van der Waals surface area contributed by atoms with Gasteiger partial charge in [-0.25, -0.2) is 4.98 Å². The number of amides is 1. The molecule has 1 atom stereocenters. The van der Waals surface area contributed by atoms with Crippen molar-refractivity contribution < 1.29 is 9.53 Å². The molecule has 4 rings (SSSR count). The summed E-state index contributed by atoms with van der Waals surface area (Å²) in [4.78, 5) is 24.1. The third kappa shape index (κ3) is 4.75. The number of carbonyl (C=O) groups is 1. The number of ether oxygens (including phenoxy) is 1. The molecule has 0 bridgehead atoms. The van der Waals surface area contributed by atoms with Crippen LogP contribution in [0.3, 0.4) is 0 Å². The summed E-state index contributed by atoms with van der Waals surface area (Å²) in [5, 5.41) is 3.11. The Bertz CT molecular complexity index is 1060. The molecule has 1 N–H and O–H groups in total. The zero-order valence-corrected chi connectivity index (χ0v) is 18.3. The lowest BCUT2D eigenvalue weighted by Gasteiger charge is -2.28. The lowest BCUT2D eigenvalue weighted by Crippen LogP contribution is -2.37. The summed E-state index contributed by atoms with van der Waals surface area (Å²) in [5.41, 5.74) is 5.91. The second kappa shape index (κ2) is 9.27. The summed E-state index contributed by atoms with van der Waals surface area (Å²) in [6.07, 6.45) is 3.41. The van der Waals surface area contributed by atoms with Crippen LogP contribution in [0.4, 0.5) is 5.82 Å². The van der Waals surface area contributed by atoms with Crippen LogP contribution >= 0.6 is 0 Å². The highest BCUT2D eigenvalue weighted by Gasteiger charge is 2.19. The van der Waals surface area contributed by atoms with Gasteiger partial charge in [-0.05, 0) is 44.0 Å². The molecule has 1 fully saturated rings. The SMILES string of the molecule is Cc1ccc(C(C)NC(=O)c2ccc(-c3nccnc3N3CCOCC3)cc2)c(C)c1. The zero-order chi connectivity index (χ0) is 21.8. The third-order valence-electron chi connectivity index (χ3n) is 5.65. The summed E-state index contributed by atoms with van der Waals surface area (Å²) in [7, 11) is 0. The Labute approximate surface area is 183 Å². The largest absolute Gasteiger partial charge is 0.378 e. The molecular weight excluding hydrogens is 388 g/mol. The first kappa shape index (κ1) is 21.0. The van der Waals surface area contributed by atoms with Crippen molar-refractivity contribution in [3.8, 4) is 11.3 Å². The van der Waals surface area contributed by atoms with E-state index in [1.165, 1.54) is 11.1 Å². The van der Waals surface area contributed by atoms with E-state index in [-0.39, 0.29) is 11.9 Å². The van der Waals surface area contributed by atoms with Gasteiger partial charge in [0.15, 0.2) is 5.82 Å². The first-order valence-corrected chi connectivity index (χ1v) is 10.6. The molecule has 1 aromatic heterocycles. The Morgan fingerprint density at radius 1 is 1.03 bits per heavy atom. The summed E-state index contributed by atoms with van der Waals surface area (Å²) >= 11 is 0. The number of hydrogen-bond acceptors (Lipinski definition) is 5. The lowest BCUT2D eigenvalue weighted by atomic mass is 10.00. The van der Waals surface area contributed by atoms with Crippen molar-refractivity contribution in [2.24, 2.45) is 0 Å². The predicted octanol–water partition coefficient (Wildman–Crippen LogP) is 4.09. The maximum absolute atomic E-state index is 12.8. The highest BCUT2D eigenvalue weighted by molar-refractivity contribution is 5.95. The summed E-state index contributed by atoms with van der Waals surface area (Å²) < 4.78 is 5.45. The Hall–Kier alpha value is -3.25. The molecule has 1 unspecified atom stereocenters. The minimum atomic E-state index is -0.0911. The number of anilines is 1. The lowest BCUT2D eigenvalue weighted by molar-refractivity contribution is 0.0940. The number of benzene rings is 2. The van der Waals surface area contributed by atoms with Crippen LogP contribution in [0.1, 0.15) is 40.0 Å². The number of hydrogen-bond donors (Lipinski definition) is 1. The van der Waals surface area contributed by atoms with E-state index >= 15 is 0 Å². The van der Waals surface area contributed by atoms with Gasteiger partial charge in [0.2, 0.25) is 0 Å². The van der Waals surface area contributed by atoms with E-state index in [0.29, 0.717) is 18.8 Å². The molecular formula is C25H28N4O2. The average Bonchev–Trinajstić information content (AvgIpc) is 2.79. The first-order valence-electron chi connectivity index (χ1n) is 10.6. The number of aryl methyl sites for hydroxylation is 2. The van der Waals surface area contributed by atoms with E-state index in [4.69, 9.17) is 4.74 Å². The normalized spacial score (nSPS) is 14.9. The van der Waals surface area contributed by atoms with Crippen LogP contribution in [0.15, 0.2) is 54.9 Å². The molecule has 0 radical (unpaired) electrons. The van der Waals surface area contributed by atoms with Crippen molar-refractivity contribution in [1.29, 1.82) is 0 Å². The molecule has 1 aliphatic rings. The van der Waals surface area contributed by atoms with Gasteiger partial charge in [-0.1, -0.05) is 35.9 Å². The second-order valence-electron chi connectivity index (χ2n) is 7.96. The van der Waals surface area contributed by atoms with Crippen molar-refractivity contribution in [3.63, 3.8) is 0 Å². The quantitative estimate of drug-likeness (QED) is 0.679. The fourth-order valence-corrected chi connectivity index (χ4v) is 3.99. The number of aromatic nitrogens is 2. The third-order valence-corrected chi connectivity index (χ3v) is 5.65. The Morgan fingerprint density at radius 2 is 1.74 bits per heavy atom. The van der Waals surface area contributed by atoms with Crippen LogP contribution in [0.2, 0.25) is 0 Å². The van der Waals surface area contributed by atoms with Crippen LogP contribution in [0, 0.1) is 13.8 Å². The van der Waals surface area contributed by atoms with Gasteiger partial charge in [0.05, 0.1) is 19.3 Å². The minimum absolute atomic E-state index is 0.0688. The summed E-state index contributed by atoms with van der Waals surface area (Å²) in [6.45, 7) is 9.13. The zero-order valence-electron chi connectivity index (χ0n) is 18.3. The Balaban J connectivity index is 1.50. The van der Waals surface area contributed by atoms with Gasteiger partial charge in [0, 0.05) is 36.6 Å². The number of carbonyl (C=O) groups excluding carboxylic acids is 1. The van der Waals surface area contributed by atoms with Crippen molar-refractivity contribution in [1.82, 2.24) is 15.3 Å². The molecule has 0 aliphatic carbocycles.